The van der Waals surface area contributed by atoms with Crippen molar-refractivity contribution >= 4 is 28.9 Å². The van der Waals surface area contributed by atoms with Crippen LogP contribution in [-0.4, -0.2) is 30.8 Å². The van der Waals surface area contributed by atoms with Gasteiger partial charge < -0.3 is 24.9 Å². The number of ether oxygens (including phenoxy) is 1. The van der Waals surface area contributed by atoms with Gasteiger partial charge >= 0.3 is 0 Å². The predicted octanol–water partition coefficient (Wildman–Crippen LogP) is 4.33. The molecule has 2 aromatic heterocycles. The molecule has 0 saturated carbocycles. The Labute approximate surface area is 184 Å². The van der Waals surface area contributed by atoms with Gasteiger partial charge in [0.1, 0.15) is 17.6 Å². The first-order valence-corrected chi connectivity index (χ1v) is 11.1. The quantitative estimate of drug-likeness (QED) is 0.372. The maximum absolute atomic E-state index is 10.5. The number of rotatable bonds is 7. The summed E-state index contributed by atoms with van der Waals surface area (Å²) >= 11 is 7.35. The van der Waals surface area contributed by atoms with Gasteiger partial charge in [-0.2, -0.15) is 0 Å². The third-order valence-electron chi connectivity index (χ3n) is 4.86. The summed E-state index contributed by atoms with van der Waals surface area (Å²) in [5.74, 6) is 2.45. The van der Waals surface area contributed by atoms with Crippen LogP contribution in [0.2, 0.25) is 4.34 Å². The normalized spacial score (nSPS) is 17.1. The number of aliphatic imine (C=N–C) groups is 1. The number of hydrogen-bond donors (Lipinski definition) is 3. The molecule has 3 heterocycles. The van der Waals surface area contributed by atoms with Crippen molar-refractivity contribution < 1.29 is 14.3 Å². The number of aliphatic hydroxyl groups is 1. The van der Waals surface area contributed by atoms with Gasteiger partial charge in [-0.15, -0.1) is 11.3 Å². The van der Waals surface area contributed by atoms with Crippen LogP contribution in [-0.2, 0) is 6.42 Å². The minimum Gasteiger partial charge on any atom is -0.493 e. The first kappa shape index (κ1) is 20.8. The number of benzene rings is 1. The SMILES string of the molecule is OC(CN=C(NCCc1ccco1)NC1CCOc2ccccc21)c1ccc(Cl)s1. The van der Waals surface area contributed by atoms with Crippen molar-refractivity contribution in [2.24, 2.45) is 4.99 Å². The van der Waals surface area contributed by atoms with Crippen molar-refractivity contribution in [3.05, 3.63) is 75.3 Å². The maximum atomic E-state index is 10.5. The van der Waals surface area contributed by atoms with Gasteiger partial charge in [-0.1, -0.05) is 29.8 Å². The summed E-state index contributed by atoms with van der Waals surface area (Å²) in [7, 11) is 0. The van der Waals surface area contributed by atoms with Gasteiger partial charge in [0.25, 0.3) is 0 Å². The number of fused-ring (bicyclic) bond motifs is 1. The molecule has 158 valence electrons. The number of thiophene rings is 1. The lowest BCUT2D eigenvalue weighted by atomic mass is 10.0. The summed E-state index contributed by atoms with van der Waals surface area (Å²) in [6, 6.07) is 15.6. The molecule has 0 fully saturated rings. The molecular formula is C22H24ClN3O3S. The minimum atomic E-state index is -0.701. The van der Waals surface area contributed by atoms with Crippen LogP contribution in [0, 0.1) is 0 Å². The number of hydrogen-bond acceptors (Lipinski definition) is 5. The van der Waals surface area contributed by atoms with Crippen molar-refractivity contribution in [2.75, 3.05) is 19.7 Å². The molecule has 2 atom stereocenters. The molecule has 8 heteroatoms. The Bertz CT molecular complexity index is 974. The second-order valence-electron chi connectivity index (χ2n) is 6.97. The Balaban J connectivity index is 1.45. The van der Waals surface area contributed by atoms with E-state index in [4.69, 9.17) is 20.8 Å². The topological polar surface area (TPSA) is 79.0 Å². The molecule has 0 amide bonds. The largest absolute Gasteiger partial charge is 0.493 e. The summed E-state index contributed by atoms with van der Waals surface area (Å²) in [4.78, 5) is 5.43. The fraction of sp³-hybridized carbons (Fsp3) is 0.318. The van der Waals surface area contributed by atoms with Gasteiger partial charge in [-0.25, -0.2) is 0 Å². The molecular weight excluding hydrogens is 422 g/mol. The third kappa shape index (κ3) is 5.36. The lowest BCUT2D eigenvalue weighted by Crippen LogP contribution is -2.42. The molecule has 0 radical (unpaired) electrons. The van der Waals surface area contributed by atoms with E-state index in [1.807, 2.05) is 36.4 Å². The van der Waals surface area contributed by atoms with Crippen LogP contribution in [0.1, 0.15) is 34.8 Å². The Hall–Kier alpha value is -2.48. The molecule has 0 saturated heterocycles. The highest BCUT2D eigenvalue weighted by molar-refractivity contribution is 7.16. The van der Waals surface area contributed by atoms with Crippen LogP contribution >= 0.6 is 22.9 Å². The van der Waals surface area contributed by atoms with Gasteiger partial charge in [-0.05, 0) is 30.3 Å². The Morgan fingerprint density at radius 1 is 1.23 bits per heavy atom. The molecule has 30 heavy (non-hydrogen) atoms. The fourth-order valence-corrected chi connectivity index (χ4v) is 4.38. The number of halogens is 1. The van der Waals surface area contributed by atoms with Gasteiger partial charge in [0.15, 0.2) is 5.96 Å². The van der Waals surface area contributed by atoms with Crippen LogP contribution in [0.4, 0.5) is 0 Å². The highest BCUT2D eigenvalue weighted by Gasteiger charge is 2.22. The molecule has 3 N–H and O–H groups in total. The van der Waals surface area contributed by atoms with E-state index in [0.29, 0.717) is 23.4 Å². The first-order valence-electron chi connectivity index (χ1n) is 9.91. The van der Waals surface area contributed by atoms with Crippen LogP contribution < -0.4 is 15.4 Å². The highest BCUT2D eigenvalue weighted by atomic mass is 35.5. The molecule has 3 aromatic rings. The van der Waals surface area contributed by atoms with Crippen LogP contribution in [0.3, 0.4) is 0 Å². The minimum absolute atomic E-state index is 0.0816. The third-order valence-corrected chi connectivity index (χ3v) is 6.19. The average molecular weight is 446 g/mol. The van der Waals surface area contributed by atoms with E-state index in [1.165, 1.54) is 11.3 Å². The number of nitrogens with one attached hydrogen (secondary N) is 2. The van der Waals surface area contributed by atoms with E-state index in [-0.39, 0.29) is 12.6 Å². The van der Waals surface area contributed by atoms with Crippen molar-refractivity contribution in [1.82, 2.24) is 10.6 Å². The molecule has 2 unspecified atom stereocenters. The van der Waals surface area contributed by atoms with Gasteiger partial charge in [0.05, 0.1) is 29.8 Å². The lowest BCUT2D eigenvalue weighted by Gasteiger charge is -2.28. The zero-order chi connectivity index (χ0) is 20.8. The molecule has 0 aliphatic carbocycles. The highest BCUT2D eigenvalue weighted by Crippen LogP contribution is 2.31. The maximum Gasteiger partial charge on any atom is 0.191 e. The summed E-state index contributed by atoms with van der Waals surface area (Å²) < 4.78 is 11.8. The molecule has 0 spiro atoms. The average Bonchev–Trinajstić information content (AvgIpc) is 3.44. The number of para-hydroxylation sites is 1. The zero-order valence-corrected chi connectivity index (χ0v) is 18.0. The van der Waals surface area contributed by atoms with E-state index >= 15 is 0 Å². The number of aliphatic hydroxyl groups excluding tert-OH is 1. The van der Waals surface area contributed by atoms with Crippen LogP contribution in [0.15, 0.2) is 64.2 Å². The molecule has 0 bridgehead atoms. The molecule has 4 rings (SSSR count). The summed E-state index contributed by atoms with van der Waals surface area (Å²) in [5, 5.41) is 17.3. The Morgan fingerprint density at radius 2 is 2.13 bits per heavy atom. The smallest absolute Gasteiger partial charge is 0.191 e. The molecule has 1 aromatic carbocycles. The number of nitrogens with zero attached hydrogens (tertiary/aromatic N) is 1. The van der Waals surface area contributed by atoms with Crippen molar-refractivity contribution in [3.63, 3.8) is 0 Å². The van der Waals surface area contributed by atoms with E-state index in [2.05, 4.69) is 21.7 Å². The zero-order valence-electron chi connectivity index (χ0n) is 16.4. The van der Waals surface area contributed by atoms with Gasteiger partial charge in [0, 0.05) is 29.8 Å². The van der Waals surface area contributed by atoms with E-state index in [9.17, 15) is 5.11 Å². The van der Waals surface area contributed by atoms with Crippen LogP contribution in [0.25, 0.3) is 0 Å². The second kappa shape index (κ2) is 10.0. The van der Waals surface area contributed by atoms with E-state index < -0.39 is 6.10 Å². The first-order chi connectivity index (χ1) is 14.7. The fourth-order valence-electron chi connectivity index (χ4n) is 3.34. The summed E-state index contributed by atoms with van der Waals surface area (Å²) in [6.07, 6.45) is 2.54. The van der Waals surface area contributed by atoms with E-state index in [1.54, 1.807) is 12.3 Å². The predicted molar refractivity (Wildman–Crippen MR) is 119 cm³/mol. The van der Waals surface area contributed by atoms with E-state index in [0.717, 1.165) is 34.8 Å². The van der Waals surface area contributed by atoms with Gasteiger partial charge in [0.2, 0.25) is 0 Å². The van der Waals surface area contributed by atoms with Crippen molar-refractivity contribution in [3.8, 4) is 5.75 Å². The van der Waals surface area contributed by atoms with Crippen molar-refractivity contribution in [1.29, 1.82) is 0 Å². The summed E-state index contributed by atoms with van der Waals surface area (Å²) in [5.41, 5.74) is 1.11. The summed E-state index contributed by atoms with van der Waals surface area (Å²) in [6.45, 7) is 1.54. The second-order valence-corrected chi connectivity index (χ2v) is 8.72. The number of furan rings is 1. The monoisotopic (exact) mass is 445 g/mol. The molecule has 1 aliphatic heterocycles. The molecule has 1 aliphatic rings. The van der Waals surface area contributed by atoms with Crippen molar-refractivity contribution in [2.45, 2.75) is 25.0 Å². The number of guanidine groups is 1. The lowest BCUT2D eigenvalue weighted by molar-refractivity contribution is 0.190. The molecule has 6 nitrogen and oxygen atoms in total. The van der Waals surface area contributed by atoms with Gasteiger partial charge in [-0.3, -0.25) is 4.99 Å². The standard InChI is InChI=1S/C22H24ClN3O3S/c23-21-8-7-20(30-21)18(27)14-25-22(24-11-9-15-4-3-12-28-15)26-17-10-13-29-19-6-2-1-5-16(17)19/h1-8,12,17-18,27H,9-11,13-14H2,(H2,24,25,26). The Kier molecular flexibility index (Phi) is 6.94. The van der Waals surface area contributed by atoms with Crippen LogP contribution in [0.5, 0.6) is 5.75 Å². The Morgan fingerprint density at radius 3 is 2.93 bits per heavy atom.